The van der Waals surface area contributed by atoms with E-state index in [-0.39, 0.29) is 39.1 Å². The molecule has 0 unspecified atom stereocenters. The van der Waals surface area contributed by atoms with Gasteiger partial charge in [-0.3, -0.25) is 0 Å². The van der Waals surface area contributed by atoms with Crippen molar-refractivity contribution < 1.29 is 14.2 Å². The van der Waals surface area contributed by atoms with E-state index in [0.29, 0.717) is 6.42 Å². The molecule has 0 fully saturated rings. The normalized spacial score (nSPS) is 10.4. The third-order valence-electron chi connectivity index (χ3n) is 2.16. The Morgan fingerprint density at radius 2 is 1.16 bits per heavy atom. The number of hydrogen-bond acceptors (Lipinski definition) is 6. The Balaban J connectivity index is 4.53. The highest BCUT2D eigenvalue weighted by atomic mass is 16.9. The molecule has 0 aliphatic heterocycles. The van der Waals surface area contributed by atoms with Gasteiger partial charge in [0.25, 0.3) is 5.97 Å². The smallest absolute Gasteiger partial charge is 0.282 e. The monoisotopic (exact) mass is 265 g/mol. The first-order chi connectivity index (χ1) is 9.24. The molecule has 0 aliphatic carbocycles. The van der Waals surface area contributed by atoms with Crippen LogP contribution in [0, 0.1) is 34.0 Å². The van der Waals surface area contributed by atoms with Crippen LogP contribution in [0.3, 0.4) is 0 Å². The summed E-state index contributed by atoms with van der Waals surface area (Å²) in [6.45, 7) is 2.52. The van der Waals surface area contributed by atoms with Gasteiger partial charge in [-0.15, -0.1) is 0 Å². The van der Waals surface area contributed by atoms with Crippen LogP contribution in [0.2, 0.25) is 0 Å². The summed E-state index contributed by atoms with van der Waals surface area (Å²) in [6, 6.07) is 5.93. The van der Waals surface area contributed by atoms with Crippen LogP contribution in [0.25, 0.3) is 0 Å². The van der Waals surface area contributed by atoms with Gasteiger partial charge in [0.05, 0.1) is 57.3 Å². The molecule has 0 aromatic carbocycles. The highest BCUT2D eigenvalue weighted by Gasteiger charge is 2.32. The third kappa shape index (κ3) is 8.13. The molecule has 0 N–H and O–H groups in total. The Kier molecular flexibility index (Phi) is 10.4. The van der Waals surface area contributed by atoms with E-state index < -0.39 is 5.97 Å². The Morgan fingerprint density at radius 3 is 1.42 bits per heavy atom. The molecule has 0 aromatic heterocycles. The lowest BCUT2D eigenvalue weighted by Gasteiger charge is -2.32. The van der Waals surface area contributed by atoms with Crippen LogP contribution in [-0.4, -0.2) is 25.8 Å². The average Bonchev–Trinajstić information content (AvgIpc) is 2.40. The maximum absolute atomic E-state index is 8.52. The zero-order valence-electron chi connectivity index (χ0n) is 11.2. The quantitative estimate of drug-likeness (QED) is 0.419. The first-order valence-electron chi connectivity index (χ1n) is 6.27. The molecule has 0 rings (SSSR count). The highest BCUT2D eigenvalue weighted by molar-refractivity contribution is 4.72. The molecule has 0 saturated heterocycles. The fourth-order valence-corrected chi connectivity index (χ4v) is 1.40. The van der Waals surface area contributed by atoms with Crippen LogP contribution < -0.4 is 0 Å². The first-order valence-corrected chi connectivity index (χ1v) is 6.27. The number of rotatable bonds is 11. The minimum atomic E-state index is -1.25. The predicted molar refractivity (Wildman–Crippen MR) is 66.2 cm³/mol. The molecule has 0 bridgehead atoms. The summed E-state index contributed by atoms with van der Waals surface area (Å²) in [5.41, 5.74) is 0. The van der Waals surface area contributed by atoms with Gasteiger partial charge in [-0.1, -0.05) is 6.92 Å². The lowest BCUT2D eigenvalue weighted by Crippen LogP contribution is -2.40. The minimum absolute atomic E-state index is 0.190. The average molecular weight is 265 g/mol. The topological polar surface area (TPSA) is 99.1 Å². The second-order valence-corrected chi connectivity index (χ2v) is 3.70. The fraction of sp³-hybridized carbons (Fsp3) is 0.769. The molecule has 0 aromatic rings. The fourth-order valence-electron chi connectivity index (χ4n) is 1.40. The van der Waals surface area contributed by atoms with Gasteiger partial charge in [0.1, 0.15) is 0 Å². The van der Waals surface area contributed by atoms with E-state index in [1.54, 1.807) is 0 Å². The van der Waals surface area contributed by atoms with Crippen molar-refractivity contribution in [3.05, 3.63) is 0 Å². The second-order valence-electron chi connectivity index (χ2n) is 3.70. The van der Waals surface area contributed by atoms with Gasteiger partial charge in [-0.25, -0.2) is 0 Å². The summed E-state index contributed by atoms with van der Waals surface area (Å²) >= 11 is 0. The van der Waals surface area contributed by atoms with Crippen molar-refractivity contribution in [2.45, 2.75) is 45.0 Å². The summed E-state index contributed by atoms with van der Waals surface area (Å²) in [7, 11) is 0. The Hall–Kier alpha value is -1.65. The molecule has 0 aliphatic rings. The maximum Gasteiger partial charge on any atom is 0.282 e. The molecule has 6 nitrogen and oxygen atoms in total. The maximum atomic E-state index is 8.52. The van der Waals surface area contributed by atoms with Crippen LogP contribution in [0.1, 0.15) is 39.0 Å². The lowest BCUT2D eigenvalue weighted by atomic mass is 10.3. The van der Waals surface area contributed by atoms with Crippen molar-refractivity contribution in [3.8, 4) is 18.2 Å². The van der Waals surface area contributed by atoms with E-state index in [2.05, 4.69) is 0 Å². The lowest BCUT2D eigenvalue weighted by molar-refractivity contribution is -0.382. The van der Waals surface area contributed by atoms with Gasteiger partial charge in [-0.05, 0) is 6.42 Å². The summed E-state index contributed by atoms with van der Waals surface area (Å²) in [5, 5.41) is 25.6. The van der Waals surface area contributed by atoms with Crippen LogP contribution in [0.15, 0.2) is 0 Å². The molecule has 0 radical (unpaired) electrons. The zero-order valence-corrected chi connectivity index (χ0v) is 11.2. The molecule has 0 atom stereocenters. The Morgan fingerprint density at radius 1 is 0.789 bits per heavy atom. The molecular formula is C13H19N3O3. The summed E-state index contributed by atoms with van der Waals surface area (Å²) in [4.78, 5) is 0. The van der Waals surface area contributed by atoms with Gasteiger partial charge >= 0.3 is 0 Å². The minimum Gasteiger partial charge on any atom is -0.326 e. The van der Waals surface area contributed by atoms with E-state index in [0.717, 1.165) is 6.42 Å². The Bertz CT molecular complexity index is 301. The van der Waals surface area contributed by atoms with Crippen molar-refractivity contribution >= 4 is 0 Å². The van der Waals surface area contributed by atoms with Gasteiger partial charge in [0.2, 0.25) is 0 Å². The molecule has 0 saturated carbocycles. The van der Waals surface area contributed by atoms with Crippen LogP contribution in [0.4, 0.5) is 0 Å². The summed E-state index contributed by atoms with van der Waals surface area (Å²) in [6.07, 6.45) is 1.93. The highest BCUT2D eigenvalue weighted by Crippen LogP contribution is 2.23. The zero-order chi connectivity index (χ0) is 14.4. The van der Waals surface area contributed by atoms with Crippen molar-refractivity contribution in [2.24, 2.45) is 0 Å². The largest absolute Gasteiger partial charge is 0.326 e. The predicted octanol–water partition coefficient (Wildman–Crippen LogP) is 2.23. The van der Waals surface area contributed by atoms with E-state index in [4.69, 9.17) is 30.0 Å². The van der Waals surface area contributed by atoms with E-state index in [1.807, 2.05) is 25.1 Å². The van der Waals surface area contributed by atoms with E-state index in [1.165, 1.54) is 0 Å². The second kappa shape index (κ2) is 11.4. The van der Waals surface area contributed by atoms with Crippen molar-refractivity contribution in [1.29, 1.82) is 15.8 Å². The SMILES string of the molecule is CCCC(OCCC#N)(OCCC#N)OCCC#N. The molecule has 6 heteroatoms. The van der Waals surface area contributed by atoms with E-state index >= 15 is 0 Å². The molecule has 0 spiro atoms. The first kappa shape index (κ1) is 17.4. The summed E-state index contributed by atoms with van der Waals surface area (Å²) < 4.78 is 16.6. The Labute approximate surface area is 114 Å². The standard InChI is InChI=1S/C13H19N3O3/c1-2-6-13(17-10-3-7-14,18-11-4-8-15)19-12-5-9-16/h2-6,10-12H2,1H3. The van der Waals surface area contributed by atoms with Crippen molar-refractivity contribution in [3.63, 3.8) is 0 Å². The molecule has 19 heavy (non-hydrogen) atoms. The van der Waals surface area contributed by atoms with Crippen molar-refractivity contribution in [2.75, 3.05) is 19.8 Å². The number of ether oxygens (including phenoxy) is 3. The van der Waals surface area contributed by atoms with Crippen LogP contribution in [0.5, 0.6) is 0 Å². The molecular weight excluding hydrogens is 246 g/mol. The molecule has 0 heterocycles. The number of nitriles is 3. The number of nitrogens with zero attached hydrogens (tertiary/aromatic N) is 3. The summed E-state index contributed by atoms with van der Waals surface area (Å²) in [5.74, 6) is -1.25. The van der Waals surface area contributed by atoms with Gasteiger partial charge in [0.15, 0.2) is 0 Å². The van der Waals surface area contributed by atoms with Crippen LogP contribution >= 0.6 is 0 Å². The molecule has 0 amide bonds. The third-order valence-corrected chi connectivity index (χ3v) is 2.16. The van der Waals surface area contributed by atoms with Gasteiger partial charge in [0, 0.05) is 6.42 Å². The van der Waals surface area contributed by atoms with Gasteiger partial charge in [-0.2, -0.15) is 15.8 Å². The van der Waals surface area contributed by atoms with E-state index in [9.17, 15) is 0 Å². The van der Waals surface area contributed by atoms with Gasteiger partial charge < -0.3 is 14.2 Å². The van der Waals surface area contributed by atoms with Crippen molar-refractivity contribution in [1.82, 2.24) is 0 Å². The van der Waals surface area contributed by atoms with Crippen LogP contribution in [-0.2, 0) is 14.2 Å². The molecule has 104 valence electrons. The number of hydrogen-bond donors (Lipinski definition) is 0.